The van der Waals surface area contributed by atoms with Crippen molar-refractivity contribution < 1.29 is 8.42 Å². The van der Waals surface area contributed by atoms with Gasteiger partial charge in [-0.3, -0.25) is 14.6 Å². The molecule has 0 bridgehead atoms. The molecule has 0 spiro atoms. The highest BCUT2D eigenvalue weighted by atomic mass is 32.2. The normalized spacial score (nSPS) is 15.4. The first-order valence-electron chi connectivity index (χ1n) is 10.3. The number of sulfone groups is 1. The summed E-state index contributed by atoms with van der Waals surface area (Å²) in [6.07, 6.45) is 6.57. The second-order valence-corrected chi connectivity index (χ2v) is 10.1. The number of benzene rings is 1. The molecule has 4 rings (SSSR count). The summed E-state index contributed by atoms with van der Waals surface area (Å²) in [7, 11) is -1.28. The molecule has 0 saturated carbocycles. The van der Waals surface area contributed by atoms with Gasteiger partial charge < -0.3 is 4.90 Å². The highest BCUT2D eigenvalue weighted by Crippen LogP contribution is 2.31. The van der Waals surface area contributed by atoms with E-state index >= 15 is 0 Å². The third-order valence-corrected chi connectivity index (χ3v) is 7.07. The average Bonchev–Trinajstić information content (AvgIpc) is 3.06. The van der Waals surface area contributed by atoms with Crippen molar-refractivity contribution in [2.24, 2.45) is 7.05 Å². The van der Waals surface area contributed by atoms with Crippen LogP contribution in [0.4, 0.5) is 5.82 Å². The van der Waals surface area contributed by atoms with E-state index in [1.165, 1.54) is 17.5 Å². The SMILES string of the molecule is Cc1cc(S(C)(=O)=O)ccc1-c1nccnc1N1CCN(Cc2cnn(C)c2C)CC1. The second kappa shape index (κ2) is 8.39. The summed E-state index contributed by atoms with van der Waals surface area (Å²) in [6, 6.07) is 5.18. The quantitative estimate of drug-likeness (QED) is 0.601. The van der Waals surface area contributed by atoms with Gasteiger partial charge >= 0.3 is 0 Å². The number of rotatable bonds is 5. The zero-order valence-electron chi connectivity index (χ0n) is 18.4. The zero-order chi connectivity index (χ0) is 22.2. The van der Waals surface area contributed by atoms with Gasteiger partial charge in [0.25, 0.3) is 0 Å². The van der Waals surface area contributed by atoms with Crippen LogP contribution in [0.3, 0.4) is 0 Å². The minimum Gasteiger partial charge on any atom is -0.352 e. The lowest BCUT2D eigenvalue weighted by atomic mass is 10.0. The molecule has 0 amide bonds. The molecule has 31 heavy (non-hydrogen) atoms. The fraction of sp³-hybridized carbons (Fsp3) is 0.409. The number of hydrogen-bond donors (Lipinski definition) is 0. The summed E-state index contributed by atoms with van der Waals surface area (Å²) < 4.78 is 25.7. The molecule has 0 radical (unpaired) electrons. The number of aryl methyl sites for hydroxylation is 2. The van der Waals surface area contributed by atoms with Crippen molar-refractivity contribution in [2.45, 2.75) is 25.3 Å². The predicted octanol–water partition coefficient (Wildman–Crippen LogP) is 2.22. The number of anilines is 1. The summed E-state index contributed by atoms with van der Waals surface area (Å²) in [6.45, 7) is 8.47. The van der Waals surface area contributed by atoms with Crippen LogP contribution in [0.5, 0.6) is 0 Å². The minimum atomic E-state index is -3.25. The Labute approximate surface area is 183 Å². The monoisotopic (exact) mass is 440 g/mol. The molecule has 0 unspecified atom stereocenters. The van der Waals surface area contributed by atoms with Crippen molar-refractivity contribution in [1.82, 2.24) is 24.6 Å². The van der Waals surface area contributed by atoms with E-state index in [0.717, 1.165) is 55.4 Å². The fourth-order valence-corrected chi connectivity index (χ4v) is 4.65. The first-order valence-corrected chi connectivity index (χ1v) is 12.2. The number of nitrogens with zero attached hydrogens (tertiary/aromatic N) is 6. The first-order chi connectivity index (χ1) is 14.7. The van der Waals surface area contributed by atoms with E-state index in [4.69, 9.17) is 0 Å². The van der Waals surface area contributed by atoms with Crippen LogP contribution < -0.4 is 4.90 Å². The van der Waals surface area contributed by atoms with Crippen LogP contribution in [0.1, 0.15) is 16.8 Å². The van der Waals surface area contributed by atoms with E-state index in [0.29, 0.717) is 4.90 Å². The van der Waals surface area contributed by atoms with E-state index in [2.05, 4.69) is 31.8 Å². The van der Waals surface area contributed by atoms with Gasteiger partial charge in [-0.1, -0.05) is 6.07 Å². The maximum atomic E-state index is 11.9. The van der Waals surface area contributed by atoms with Crippen molar-refractivity contribution in [3.8, 4) is 11.3 Å². The van der Waals surface area contributed by atoms with Gasteiger partial charge in [-0.2, -0.15) is 5.10 Å². The molecule has 1 fully saturated rings. The van der Waals surface area contributed by atoms with Crippen LogP contribution >= 0.6 is 0 Å². The third kappa shape index (κ3) is 4.47. The van der Waals surface area contributed by atoms with E-state index < -0.39 is 9.84 Å². The van der Waals surface area contributed by atoms with Gasteiger partial charge in [0.1, 0.15) is 5.69 Å². The minimum absolute atomic E-state index is 0.318. The van der Waals surface area contributed by atoms with Crippen molar-refractivity contribution in [3.63, 3.8) is 0 Å². The molecular weight excluding hydrogens is 412 g/mol. The molecule has 3 heterocycles. The molecule has 2 aromatic heterocycles. The van der Waals surface area contributed by atoms with Gasteiger partial charge in [0, 0.05) is 75.2 Å². The zero-order valence-corrected chi connectivity index (χ0v) is 19.2. The van der Waals surface area contributed by atoms with Gasteiger partial charge in [0.15, 0.2) is 15.7 Å². The van der Waals surface area contributed by atoms with Crippen LogP contribution in [0.15, 0.2) is 41.7 Å². The lowest BCUT2D eigenvalue weighted by Gasteiger charge is -2.36. The lowest BCUT2D eigenvalue weighted by molar-refractivity contribution is 0.249. The van der Waals surface area contributed by atoms with Crippen molar-refractivity contribution >= 4 is 15.7 Å². The Balaban J connectivity index is 1.53. The molecule has 3 aromatic rings. The van der Waals surface area contributed by atoms with E-state index in [1.54, 1.807) is 24.5 Å². The van der Waals surface area contributed by atoms with Crippen LogP contribution in [0, 0.1) is 13.8 Å². The molecular formula is C22H28N6O2S. The standard InChI is InChI=1S/C22H28N6O2S/c1-16-13-19(31(4,29)30)5-6-20(16)21-22(24-8-7-23-21)28-11-9-27(10-12-28)15-18-14-25-26(3)17(18)2/h5-8,13-14H,9-12,15H2,1-4H3. The molecule has 1 aliphatic rings. The van der Waals surface area contributed by atoms with E-state index in [-0.39, 0.29) is 0 Å². The fourth-order valence-electron chi connectivity index (χ4n) is 3.94. The summed E-state index contributed by atoms with van der Waals surface area (Å²) in [5.74, 6) is 0.843. The molecule has 1 aromatic carbocycles. The lowest BCUT2D eigenvalue weighted by Crippen LogP contribution is -2.46. The van der Waals surface area contributed by atoms with Crippen molar-refractivity contribution in [1.29, 1.82) is 0 Å². The van der Waals surface area contributed by atoms with Gasteiger partial charge in [-0.05, 0) is 31.5 Å². The molecule has 9 heteroatoms. The Morgan fingerprint density at radius 3 is 2.35 bits per heavy atom. The molecule has 1 aliphatic heterocycles. The predicted molar refractivity (Wildman–Crippen MR) is 121 cm³/mol. The number of piperazine rings is 1. The number of aromatic nitrogens is 4. The summed E-state index contributed by atoms with van der Waals surface area (Å²) in [5.41, 5.74) is 5.03. The first kappa shape index (κ1) is 21.5. The maximum Gasteiger partial charge on any atom is 0.175 e. The van der Waals surface area contributed by atoms with Crippen LogP contribution in [-0.4, -0.2) is 65.5 Å². The molecule has 0 N–H and O–H groups in total. The Morgan fingerprint density at radius 2 is 1.74 bits per heavy atom. The molecule has 164 valence electrons. The Hall–Kier alpha value is -2.78. The summed E-state index contributed by atoms with van der Waals surface area (Å²) >= 11 is 0. The maximum absolute atomic E-state index is 11.9. The highest BCUT2D eigenvalue weighted by Gasteiger charge is 2.23. The molecule has 0 aliphatic carbocycles. The van der Waals surface area contributed by atoms with Crippen LogP contribution in [0.25, 0.3) is 11.3 Å². The van der Waals surface area contributed by atoms with Gasteiger partial charge in [-0.15, -0.1) is 0 Å². The third-order valence-electron chi connectivity index (χ3n) is 5.96. The number of hydrogen-bond acceptors (Lipinski definition) is 7. The van der Waals surface area contributed by atoms with Gasteiger partial charge in [0.05, 0.1) is 11.1 Å². The van der Waals surface area contributed by atoms with Gasteiger partial charge in [-0.25, -0.2) is 13.4 Å². The molecule has 1 saturated heterocycles. The Kier molecular flexibility index (Phi) is 5.81. The van der Waals surface area contributed by atoms with Crippen molar-refractivity contribution in [3.05, 3.63) is 53.6 Å². The highest BCUT2D eigenvalue weighted by molar-refractivity contribution is 7.90. The second-order valence-electron chi connectivity index (χ2n) is 8.12. The Bertz CT molecular complexity index is 1200. The molecule has 0 atom stereocenters. The average molecular weight is 441 g/mol. The van der Waals surface area contributed by atoms with Crippen LogP contribution in [0.2, 0.25) is 0 Å². The topological polar surface area (TPSA) is 84.2 Å². The summed E-state index contributed by atoms with van der Waals surface area (Å²) in [5, 5.41) is 4.34. The van der Waals surface area contributed by atoms with E-state index in [9.17, 15) is 8.42 Å². The van der Waals surface area contributed by atoms with Gasteiger partial charge in [0.2, 0.25) is 0 Å². The summed E-state index contributed by atoms with van der Waals surface area (Å²) in [4.78, 5) is 14.2. The van der Waals surface area contributed by atoms with Crippen molar-refractivity contribution in [2.75, 3.05) is 37.3 Å². The van der Waals surface area contributed by atoms with Crippen LogP contribution in [-0.2, 0) is 23.4 Å². The largest absolute Gasteiger partial charge is 0.352 e. The molecule has 8 nitrogen and oxygen atoms in total. The van der Waals surface area contributed by atoms with E-state index in [1.807, 2.05) is 30.9 Å². The Morgan fingerprint density at radius 1 is 1.03 bits per heavy atom. The smallest absolute Gasteiger partial charge is 0.175 e.